The van der Waals surface area contributed by atoms with Gasteiger partial charge in [0.2, 0.25) is 0 Å². The van der Waals surface area contributed by atoms with Gasteiger partial charge in [0.05, 0.1) is 6.10 Å². The molecular formula is C13H20N2O. The third-order valence-electron chi connectivity index (χ3n) is 3.27. The number of aliphatic hydroxyl groups excluding tert-OH is 1. The first-order chi connectivity index (χ1) is 7.81. The summed E-state index contributed by atoms with van der Waals surface area (Å²) in [5, 5.41) is 13.5. The second kappa shape index (κ2) is 5.43. The van der Waals surface area contributed by atoms with Crippen molar-refractivity contribution in [2.24, 2.45) is 11.7 Å². The molecule has 3 heteroatoms. The van der Waals surface area contributed by atoms with E-state index in [0.29, 0.717) is 12.5 Å². The van der Waals surface area contributed by atoms with Gasteiger partial charge in [-0.1, -0.05) is 24.3 Å². The molecule has 0 spiro atoms. The van der Waals surface area contributed by atoms with Crippen LogP contribution < -0.4 is 11.1 Å². The molecule has 1 saturated heterocycles. The molecule has 0 saturated carbocycles. The highest BCUT2D eigenvalue weighted by Crippen LogP contribution is 2.26. The fourth-order valence-electron chi connectivity index (χ4n) is 2.32. The van der Waals surface area contributed by atoms with E-state index in [2.05, 4.69) is 17.4 Å². The van der Waals surface area contributed by atoms with Crippen molar-refractivity contribution in [3.05, 3.63) is 35.4 Å². The Morgan fingerprint density at radius 2 is 2.38 bits per heavy atom. The van der Waals surface area contributed by atoms with Gasteiger partial charge >= 0.3 is 0 Å². The first-order valence-corrected chi connectivity index (χ1v) is 5.99. The average Bonchev–Trinajstić information content (AvgIpc) is 2.82. The van der Waals surface area contributed by atoms with Gasteiger partial charge in [0, 0.05) is 12.5 Å². The van der Waals surface area contributed by atoms with Crippen molar-refractivity contribution >= 4 is 0 Å². The summed E-state index contributed by atoms with van der Waals surface area (Å²) >= 11 is 0. The van der Waals surface area contributed by atoms with Crippen LogP contribution in [-0.2, 0) is 6.42 Å². The van der Waals surface area contributed by atoms with Crippen LogP contribution in [-0.4, -0.2) is 24.7 Å². The molecule has 0 radical (unpaired) electrons. The van der Waals surface area contributed by atoms with E-state index in [-0.39, 0.29) is 6.10 Å². The van der Waals surface area contributed by atoms with Crippen LogP contribution in [0.1, 0.15) is 23.7 Å². The van der Waals surface area contributed by atoms with Crippen molar-refractivity contribution in [3.8, 4) is 0 Å². The molecule has 3 nitrogen and oxygen atoms in total. The normalized spacial score (nSPS) is 22.2. The number of nitrogens with one attached hydrogen (secondary N) is 1. The summed E-state index contributed by atoms with van der Waals surface area (Å²) < 4.78 is 0. The molecule has 1 aliphatic rings. The van der Waals surface area contributed by atoms with Crippen molar-refractivity contribution < 1.29 is 5.11 Å². The summed E-state index contributed by atoms with van der Waals surface area (Å²) in [6, 6.07) is 8.15. The maximum Gasteiger partial charge on any atom is 0.0830 e. The van der Waals surface area contributed by atoms with E-state index in [4.69, 9.17) is 5.73 Å². The lowest BCUT2D eigenvalue weighted by molar-refractivity contribution is 0.118. The Kier molecular flexibility index (Phi) is 3.93. The SMILES string of the molecule is NCCc1cccc(C(O)C2CCNC2)c1. The number of hydrogen-bond acceptors (Lipinski definition) is 3. The van der Waals surface area contributed by atoms with E-state index in [1.165, 1.54) is 5.56 Å². The van der Waals surface area contributed by atoms with Crippen LogP contribution in [0, 0.1) is 5.92 Å². The number of benzene rings is 1. The van der Waals surface area contributed by atoms with Crippen LogP contribution in [0.5, 0.6) is 0 Å². The Balaban J connectivity index is 2.09. The largest absolute Gasteiger partial charge is 0.388 e. The van der Waals surface area contributed by atoms with Gasteiger partial charge in [-0.05, 0) is 37.1 Å². The lowest BCUT2D eigenvalue weighted by atomic mass is 9.93. The molecule has 2 unspecified atom stereocenters. The third-order valence-corrected chi connectivity index (χ3v) is 3.27. The van der Waals surface area contributed by atoms with Gasteiger partial charge in [0.1, 0.15) is 0 Å². The fourth-order valence-corrected chi connectivity index (χ4v) is 2.32. The lowest BCUT2D eigenvalue weighted by Gasteiger charge is -2.18. The Bertz CT molecular complexity index is 334. The van der Waals surface area contributed by atoms with Gasteiger partial charge in [-0.3, -0.25) is 0 Å². The highest BCUT2D eigenvalue weighted by molar-refractivity contribution is 5.26. The molecule has 2 rings (SSSR count). The predicted molar refractivity (Wildman–Crippen MR) is 65.1 cm³/mol. The summed E-state index contributed by atoms with van der Waals surface area (Å²) in [4.78, 5) is 0. The van der Waals surface area contributed by atoms with Crippen molar-refractivity contribution in [2.75, 3.05) is 19.6 Å². The van der Waals surface area contributed by atoms with Crippen LogP contribution in [0.2, 0.25) is 0 Å². The smallest absolute Gasteiger partial charge is 0.0830 e. The fraction of sp³-hybridized carbons (Fsp3) is 0.538. The Morgan fingerprint density at radius 3 is 3.06 bits per heavy atom. The van der Waals surface area contributed by atoms with Crippen molar-refractivity contribution in [2.45, 2.75) is 18.9 Å². The number of aliphatic hydroxyl groups is 1. The minimum Gasteiger partial charge on any atom is -0.388 e. The first-order valence-electron chi connectivity index (χ1n) is 5.99. The third kappa shape index (κ3) is 2.61. The van der Waals surface area contributed by atoms with Crippen LogP contribution in [0.25, 0.3) is 0 Å². The quantitative estimate of drug-likeness (QED) is 0.704. The maximum absolute atomic E-state index is 10.2. The molecule has 1 heterocycles. The van der Waals surface area contributed by atoms with Gasteiger partial charge < -0.3 is 16.2 Å². The molecule has 1 aromatic carbocycles. The summed E-state index contributed by atoms with van der Waals surface area (Å²) in [7, 11) is 0. The highest BCUT2D eigenvalue weighted by atomic mass is 16.3. The van der Waals surface area contributed by atoms with E-state index in [0.717, 1.165) is 31.5 Å². The molecule has 2 atom stereocenters. The molecule has 1 aromatic rings. The summed E-state index contributed by atoms with van der Waals surface area (Å²) in [6.07, 6.45) is 1.60. The predicted octanol–water partition coefficient (Wildman–Crippen LogP) is 0.831. The van der Waals surface area contributed by atoms with E-state index in [1.807, 2.05) is 12.1 Å². The van der Waals surface area contributed by atoms with Gasteiger partial charge in [0.15, 0.2) is 0 Å². The van der Waals surface area contributed by atoms with Crippen molar-refractivity contribution in [3.63, 3.8) is 0 Å². The summed E-state index contributed by atoms with van der Waals surface area (Å²) in [5.41, 5.74) is 7.78. The molecule has 4 N–H and O–H groups in total. The van der Waals surface area contributed by atoms with Crippen LogP contribution in [0.4, 0.5) is 0 Å². The van der Waals surface area contributed by atoms with E-state index < -0.39 is 0 Å². The molecule has 16 heavy (non-hydrogen) atoms. The Hall–Kier alpha value is -0.900. The minimum atomic E-state index is -0.340. The maximum atomic E-state index is 10.2. The number of nitrogens with two attached hydrogens (primary N) is 1. The Labute approximate surface area is 96.7 Å². The van der Waals surface area contributed by atoms with E-state index in [9.17, 15) is 5.11 Å². The lowest BCUT2D eigenvalue weighted by Crippen LogP contribution is -2.16. The summed E-state index contributed by atoms with van der Waals surface area (Å²) in [6.45, 7) is 2.59. The molecule has 1 fully saturated rings. The van der Waals surface area contributed by atoms with Crippen molar-refractivity contribution in [1.29, 1.82) is 0 Å². The highest BCUT2D eigenvalue weighted by Gasteiger charge is 2.24. The molecule has 0 bridgehead atoms. The van der Waals surface area contributed by atoms with Gasteiger partial charge in [-0.25, -0.2) is 0 Å². The van der Waals surface area contributed by atoms with E-state index in [1.54, 1.807) is 0 Å². The van der Waals surface area contributed by atoms with Crippen LogP contribution in [0.15, 0.2) is 24.3 Å². The number of hydrogen-bond donors (Lipinski definition) is 3. The monoisotopic (exact) mass is 220 g/mol. The van der Waals surface area contributed by atoms with Crippen LogP contribution >= 0.6 is 0 Å². The Morgan fingerprint density at radius 1 is 1.50 bits per heavy atom. The molecule has 0 aromatic heterocycles. The second-order valence-electron chi connectivity index (χ2n) is 4.48. The zero-order valence-corrected chi connectivity index (χ0v) is 9.52. The molecule has 1 aliphatic heterocycles. The number of rotatable bonds is 4. The molecule has 88 valence electrons. The molecule has 0 amide bonds. The minimum absolute atomic E-state index is 0.340. The van der Waals surface area contributed by atoms with Crippen molar-refractivity contribution in [1.82, 2.24) is 5.32 Å². The van der Waals surface area contributed by atoms with Gasteiger partial charge in [-0.15, -0.1) is 0 Å². The van der Waals surface area contributed by atoms with Gasteiger partial charge in [0.25, 0.3) is 0 Å². The second-order valence-corrected chi connectivity index (χ2v) is 4.48. The molecular weight excluding hydrogens is 200 g/mol. The van der Waals surface area contributed by atoms with Gasteiger partial charge in [-0.2, -0.15) is 0 Å². The average molecular weight is 220 g/mol. The summed E-state index contributed by atoms with van der Waals surface area (Å²) in [5.74, 6) is 0.355. The zero-order chi connectivity index (χ0) is 11.4. The molecule has 0 aliphatic carbocycles. The van der Waals surface area contributed by atoms with E-state index >= 15 is 0 Å². The topological polar surface area (TPSA) is 58.3 Å². The first kappa shape index (κ1) is 11.6. The standard InChI is InChI=1S/C13H20N2O/c14-6-4-10-2-1-3-11(8-10)13(16)12-5-7-15-9-12/h1-3,8,12-13,15-16H,4-7,9,14H2. The van der Waals surface area contributed by atoms with Crippen LogP contribution in [0.3, 0.4) is 0 Å². The zero-order valence-electron chi connectivity index (χ0n) is 9.52.